The van der Waals surface area contributed by atoms with Gasteiger partial charge >= 0.3 is 0 Å². The number of aromatic nitrogens is 1. The molecule has 4 atom stereocenters. The third kappa shape index (κ3) is 6.50. The van der Waals surface area contributed by atoms with Crippen LogP contribution in [0.15, 0.2) is 95.9 Å². The molecule has 0 unspecified atom stereocenters. The van der Waals surface area contributed by atoms with E-state index in [0.29, 0.717) is 22.0 Å². The first kappa shape index (κ1) is 35.5. The van der Waals surface area contributed by atoms with Crippen molar-refractivity contribution in [2.24, 2.45) is 5.92 Å². The second kappa shape index (κ2) is 14.1. The van der Waals surface area contributed by atoms with E-state index in [0.717, 1.165) is 11.1 Å². The Morgan fingerprint density at radius 2 is 1.78 bits per heavy atom. The summed E-state index contributed by atoms with van der Waals surface area (Å²) in [5, 5.41) is 10.2. The summed E-state index contributed by atoms with van der Waals surface area (Å²) in [6, 6.07) is 25.3. The van der Waals surface area contributed by atoms with Gasteiger partial charge in [0.15, 0.2) is 11.4 Å². The molecule has 0 bridgehead atoms. The number of aliphatic hydroxyl groups is 1. The molecule has 2 aliphatic heterocycles. The van der Waals surface area contributed by atoms with E-state index in [2.05, 4.69) is 0 Å². The van der Waals surface area contributed by atoms with Crippen molar-refractivity contribution in [1.82, 2.24) is 9.47 Å². The Morgan fingerprint density at radius 3 is 2.48 bits per heavy atom. The maximum Gasteiger partial charge on any atom is 0.297 e. The van der Waals surface area contributed by atoms with Gasteiger partial charge in [-0.1, -0.05) is 61.0 Å². The van der Waals surface area contributed by atoms with Gasteiger partial charge in [-0.2, -0.15) is 0 Å². The summed E-state index contributed by atoms with van der Waals surface area (Å²) in [5.41, 5.74) is 0.783. The van der Waals surface area contributed by atoms with Gasteiger partial charge < -0.3 is 28.5 Å². The number of ether oxygens (including phenoxy) is 2. The van der Waals surface area contributed by atoms with E-state index in [9.17, 15) is 19.5 Å². The number of hydrogen-bond donors (Lipinski definition) is 1. The van der Waals surface area contributed by atoms with Crippen LogP contribution in [0.2, 0.25) is 23.7 Å². The molecule has 3 aromatic carbocycles. The topological polar surface area (TPSA) is 101 Å². The highest BCUT2D eigenvalue weighted by molar-refractivity contribution is 6.72. The summed E-state index contributed by atoms with van der Waals surface area (Å²) in [5.74, 6) is -1.07. The maximum atomic E-state index is 16.4. The Balaban J connectivity index is 1.35. The molecule has 1 aromatic heterocycles. The molecule has 2 amide bonds. The van der Waals surface area contributed by atoms with E-state index in [1.807, 2.05) is 55.5 Å². The largest absolute Gasteiger partial charge is 0.491 e. The second-order valence-corrected chi connectivity index (χ2v) is 17.7. The lowest BCUT2D eigenvalue weighted by atomic mass is 9.82. The predicted molar refractivity (Wildman–Crippen MR) is 193 cm³/mol. The number of nitrogens with zero attached hydrogens (tertiary/aromatic N) is 3. The van der Waals surface area contributed by atoms with Crippen molar-refractivity contribution in [3.63, 3.8) is 0 Å². The van der Waals surface area contributed by atoms with Crippen molar-refractivity contribution >= 4 is 37.5 Å². The van der Waals surface area contributed by atoms with Crippen LogP contribution in [0, 0.1) is 5.92 Å². The van der Waals surface area contributed by atoms with E-state index in [4.69, 9.17) is 21.1 Å². The Kier molecular flexibility index (Phi) is 10.1. The van der Waals surface area contributed by atoms with Gasteiger partial charge in [0.2, 0.25) is 14.3 Å². The first-order valence-electron chi connectivity index (χ1n) is 16.6. The number of aliphatic hydroxyl groups excluding tert-OH is 1. The zero-order chi connectivity index (χ0) is 35.8. The lowest BCUT2D eigenvalue weighted by Crippen LogP contribution is -2.45. The van der Waals surface area contributed by atoms with Crippen molar-refractivity contribution in [2.75, 3.05) is 25.2 Å². The maximum absolute atomic E-state index is 16.4. The minimum atomic E-state index is -3.55. The van der Waals surface area contributed by atoms with Crippen LogP contribution in [-0.4, -0.2) is 61.2 Å². The third-order valence-electron chi connectivity index (χ3n) is 9.90. The van der Waals surface area contributed by atoms with Crippen LogP contribution in [-0.2, 0) is 33.0 Å². The van der Waals surface area contributed by atoms with E-state index >= 15 is 4.11 Å². The van der Waals surface area contributed by atoms with Crippen LogP contribution in [0.25, 0.3) is 5.69 Å². The first-order valence-corrected chi connectivity index (χ1v) is 20.0. The van der Waals surface area contributed by atoms with Gasteiger partial charge in [-0.05, 0) is 66.7 Å². The average molecular weight is 718 g/mol. The van der Waals surface area contributed by atoms with Crippen molar-refractivity contribution in [3.8, 4) is 11.4 Å². The van der Waals surface area contributed by atoms with Crippen LogP contribution in [0.1, 0.15) is 30.0 Å². The highest BCUT2D eigenvalue weighted by Crippen LogP contribution is 2.60. The average Bonchev–Trinajstić information content (AvgIpc) is 3.51. The lowest BCUT2D eigenvalue weighted by Gasteiger charge is -2.31. The van der Waals surface area contributed by atoms with Crippen LogP contribution < -0.4 is 15.2 Å². The number of benzene rings is 3. The molecule has 0 radical (unpaired) electrons. The number of pyridine rings is 1. The minimum absolute atomic E-state index is 0.106. The molecule has 1 spiro atoms. The highest BCUT2D eigenvalue weighted by atomic mass is 35.5. The van der Waals surface area contributed by atoms with Gasteiger partial charge in [-0.3, -0.25) is 19.0 Å². The summed E-state index contributed by atoms with van der Waals surface area (Å²) in [4.78, 5) is 44.8. The number of fused-ring (bicyclic) bond motifs is 2. The summed E-state index contributed by atoms with van der Waals surface area (Å²) < 4.78 is 29.9. The molecule has 1 saturated heterocycles. The quantitative estimate of drug-likeness (QED) is 0.146. The molecule has 12 heteroatoms. The Bertz CT molecular complexity index is 1950. The summed E-state index contributed by atoms with van der Waals surface area (Å²) in [6.45, 7) is 5.31. The predicted octanol–water partition coefficient (Wildman–Crippen LogP) is 6.23. The molecule has 1 N–H and O–H groups in total. The fourth-order valence-electron chi connectivity index (χ4n) is 7.71. The number of amides is 2. The van der Waals surface area contributed by atoms with Gasteiger partial charge in [-0.15, -0.1) is 0 Å². The van der Waals surface area contributed by atoms with Crippen LogP contribution in [0.3, 0.4) is 0 Å². The zero-order valence-electron chi connectivity index (χ0n) is 28.5. The number of rotatable bonds is 11. The Morgan fingerprint density at radius 1 is 1.04 bits per heavy atom. The van der Waals surface area contributed by atoms with Crippen LogP contribution >= 0.6 is 11.6 Å². The van der Waals surface area contributed by atoms with Gasteiger partial charge in [0.1, 0.15) is 0 Å². The van der Waals surface area contributed by atoms with Crippen molar-refractivity contribution in [2.45, 2.75) is 56.8 Å². The standard InChI is InChI=1S/C38H41ClFN3O6Si/c1-25-35(50(3,4)40)33(22-34(45)41(18-19-44)23-26-10-6-5-7-11-26)49-38(25)30-21-28(39)15-16-31(30)43(37(38)47)24-27-12-8-13-29(20-27)42-17-9-14-32(48-2)36(42)46/h5-17,20-21,25,33,35,44H,18-19,22-24H2,1-4H3/t25-,33+,35-,38+/m0/s1. The van der Waals surface area contributed by atoms with Gasteiger partial charge in [0.05, 0.1) is 38.5 Å². The molecular formula is C38H41ClFN3O6Si. The molecule has 9 nitrogen and oxygen atoms in total. The summed E-state index contributed by atoms with van der Waals surface area (Å²) >= 11 is 6.54. The number of halogens is 2. The van der Waals surface area contributed by atoms with E-state index in [1.54, 1.807) is 65.5 Å². The van der Waals surface area contributed by atoms with Crippen molar-refractivity contribution in [1.29, 1.82) is 0 Å². The number of carbonyl (C=O) groups is 2. The van der Waals surface area contributed by atoms with Crippen LogP contribution in [0.4, 0.5) is 9.80 Å². The number of methoxy groups -OCH3 is 1. The smallest absolute Gasteiger partial charge is 0.297 e. The van der Waals surface area contributed by atoms with Gasteiger partial charge in [-0.25, -0.2) is 0 Å². The van der Waals surface area contributed by atoms with Crippen molar-refractivity contribution in [3.05, 3.63) is 123 Å². The molecule has 0 aliphatic carbocycles. The monoisotopic (exact) mass is 717 g/mol. The molecular weight excluding hydrogens is 677 g/mol. The fourth-order valence-corrected chi connectivity index (χ4v) is 10.4. The van der Waals surface area contributed by atoms with Gasteiger partial charge in [0.25, 0.3) is 11.5 Å². The Hall–Kier alpha value is -4.29. The van der Waals surface area contributed by atoms with Crippen LogP contribution in [0.5, 0.6) is 5.75 Å². The number of anilines is 1. The molecule has 4 aromatic rings. The van der Waals surface area contributed by atoms with E-state index in [1.165, 1.54) is 11.7 Å². The van der Waals surface area contributed by atoms with E-state index in [-0.39, 0.29) is 55.8 Å². The SMILES string of the molecule is COc1cccn(-c2cccc(CN3C(=O)[C@]4(O[C@H](CC(=O)N(CCO)Cc5ccccc5)[C@@H]([Si](C)(C)F)[C@@H]4C)c4cc(Cl)ccc43)c2)c1=O. The zero-order valence-corrected chi connectivity index (χ0v) is 30.3. The number of hydrogen-bond acceptors (Lipinski definition) is 6. The second-order valence-electron chi connectivity index (χ2n) is 13.5. The molecule has 0 saturated carbocycles. The molecule has 262 valence electrons. The molecule has 50 heavy (non-hydrogen) atoms. The summed E-state index contributed by atoms with van der Waals surface area (Å²) in [6.07, 6.45) is 0.613. The number of carbonyl (C=O) groups excluding carboxylic acids is 2. The lowest BCUT2D eigenvalue weighted by molar-refractivity contribution is -0.150. The molecule has 3 heterocycles. The van der Waals surface area contributed by atoms with E-state index < -0.39 is 31.6 Å². The normalized spacial score (nSPS) is 21.5. The minimum Gasteiger partial charge on any atom is -0.491 e. The summed E-state index contributed by atoms with van der Waals surface area (Å²) in [7, 11) is -2.11. The Labute approximate surface area is 297 Å². The third-order valence-corrected chi connectivity index (χ3v) is 12.6. The van der Waals surface area contributed by atoms with Crippen molar-refractivity contribution < 1.29 is 28.3 Å². The molecule has 6 rings (SSSR count). The molecule has 1 fully saturated rings. The molecule has 2 aliphatic rings. The van der Waals surface area contributed by atoms with Gasteiger partial charge in [0, 0.05) is 47.0 Å². The highest BCUT2D eigenvalue weighted by Gasteiger charge is 2.67. The fraction of sp³-hybridized carbons (Fsp3) is 0.342. The first-order chi connectivity index (χ1) is 23.9.